The van der Waals surface area contributed by atoms with Gasteiger partial charge in [0.25, 0.3) is 11.1 Å². The van der Waals surface area contributed by atoms with E-state index in [0.717, 1.165) is 27.8 Å². The smallest absolute Gasteiger partial charge is 0.275 e. The lowest BCUT2D eigenvalue weighted by atomic mass is 10.1. The molecule has 31 heavy (non-hydrogen) atoms. The van der Waals surface area contributed by atoms with Gasteiger partial charge in [0.2, 0.25) is 0 Å². The van der Waals surface area contributed by atoms with Gasteiger partial charge in [-0.3, -0.25) is 14.7 Å². The average Bonchev–Trinajstić information content (AvgIpc) is 3.11. The highest BCUT2D eigenvalue weighted by molar-refractivity contribution is 5.80. The molecule has 1 unspecified atom stereocenters. The Bertz CT molecular complexity index is 1580. The zero-order valence-corrected chi connectivity index (χ0v) is 17.5. The average molecular weight is 411 g/mol. The predicted molar refractivity (Wildman–Crippen MR) is 121 cm³/mol. The van der Waals surface area contributed by atoms with Crippen LogP contribution in [0.2, 0.25) is 0 Å². The first-order valence-electron chi connectivity index (χ1n) is 10.1. The van der Waals surface area contributed by atoms with Crippen LogP contribution >= 0.6 is 0 Å². The lowest BCUT2D eigenvalue weighted by Crippen LogP contribution is -2.28. The summed E-state index contributed by atoms with van der Waals surface area (Å²) in [6, 6.07) is 16.4. The minimum Gasteiger partial charge on any atom is -0.289 e. The van der Waals surface area contributed by atoms with E-state index in [4.69, 9.17) is 4.98 Å². The van der Waals surface area contributed by atoms with Gasteiger partial charge in [0.1, 0.15) is 0 Å². The number of aromatic nitrogens is 5. The van der Waals surface area contributed by atoms with Gasteiger partial charge in [-0.05, 0) is 32.9 Å². The zero-order valence-electron chi connectivity index (χ0n) is 17.5. The molecule has 0 saturated heterocycles. The number of aryl methyl sites for hydroxylation is 2. The Morgan fingerprint density at radius 1 is 1.00 bits per heavy atom. The highest BCUT2D eigenvalue weighted by atomic mass is 16.1. The fraction of sp³-hybridized carbons (Fsp3) is 0.167. The minimum absolute atomic E-state index is 0.209. The molecule has 3 heterocycles. The zero-order chi connectivity index (χ0) is 21.7. The van der Waals surface area contributed by atoms with Gasteiger partial charge in [0.05, 0.1) is 29.0 Å². The van der Waals surface area contributed by atoms with Gasteiger partial charge in [-0.1, -0.05) is 42.0 Å². The van der Waals surface area contributed by atoms with Gasteiger partial charge in [-0.15, -0.1) is 0 Å². The van der Waals surface area contributed by atoms with E-state index in [-0.39, 0.29) is 11.1 Å². The van der Waals surface area contributed by atoms with Gasteiger partial charge >= 0.3 is 0 Å². The summed E-state index contributed by atoms with van der Waals surface area (Å²) < 4.78 is 2.82. The third-order valence-electron chi connectivity index (χ3n) is 5.69. The first-order valence-corrected chi connectivity index (χ1v) is 10.1. The van der Waals surface area contributed by atoms with Crippen molar-refractivity contribution in [3.63, 3.8) is 0 Å². The maximum absolute atomic E-state index is 13.0. The van der Waals surface area contributed by atoms with Crippen molar-refractivity contribution in [3.8, 4) is 11.3 Å². The number of H-pyrrole nitrogens is 1. The normalized spacial score (nSPS) is 12.5. The van der Waals surface area contributed by atoms with E-state index in [2.05, 4.69) is 16.3 Å². The molecule has 5 rings (SSSR count). The second-order valence-electron chi connectivity index (χ2n) is 7.82. The molecule has 154 valence electrons. The van der Waals surface area contributed by atoms with Crippen molar-refractivity contribution in [2.75, 3.05) is 0 Å². The summed E-state index contributed by atoms with van der Waals surface area (Å²) >= 11 is 0. The van der Waals surface area contributed by atoms with Crippen molar-refractivity contribution < 1.29 is 0 Å². The number of nitrogens with zero attached hydrogens (tertiary/aromatic N) is 4. The number of benzene rings is 2. The van der Waals surface area contributed by atoms with E-state index < -0.39 is 6.04 Å². The van der Waals surface area contributed by atoms with E-state index in [0.29, 0.717) is 16.7 Å². The van der Waals surface area contributed by atoms with Gasteiger partial charge in [-0.2, -0.15) is 5.10 Å². The maximum Gasteiger partial charge on any atom is 0.275 e. The molecule has 0 amide bonds. The standard InChI is InChI=1S/C24H21N5O2/c1-14-7-6-9-17(11-14)22-15(2)23-26-20(12-21(30)29(23)27-22)16(3)28-24(31)19-10-5-4-8-18(19)13-25-28/h4-13,16,27H,1-3H3. The van der Waals surface area contributed by atoms with Gasteiger partial charge in [-0.25, -0.2) is 14.2 Å². The summed E-state index contributed by atoms with van der Waals surface area (Å²) in [6.45, 7) is 5.79. The molecule has 0 aliphatic carbocycles. The lowest BCUT2D eigenvalue weighted by Gasteiger charge is -2.14. The van der Waals surface area contributed by atoms with Crippen LogP contribution in [0.1, 0.15) is 29.8 Å². The molecule has 3 aromatic heterocycles. The summed E-state index contributed by atoms with van der Waals surface area (Å²) in [5, 5.41) is 8.87. The largest absolute Gasteiger partial charge is 0.289 e. The molecule has 0 aliphatic heterocycles. The summed E-state index contributed by atoms with van der Waals surface area (Å²) in [6.07, 6.45) is 1.66. The van der Waals surface area contributed by atoms with E-state index in [1.54, 1.807) is 12.3 Å². The van der Waals surface area contributed by atoms with Crippen molar-refractivity contribution in [3.05, 3.63) is 98.3 Å². The van der Waals surface area contributed by atoms with Crippen molar-refractivity contribution in [2.24, 2.45) is 0 Å². The SMILES string of the molecule is Cc1cccc(-c2[nH]n3c(=O)cc(C(C)n4ncc5ccccc5c4=O)nc3c2C)c1. The Hall–Kier alpha value is -4.00. The number of fused-ring (bicyclic) bond motifs is 2. The van der Waals surface area contributed by atoms with Gasteiger partial charge < -0.3 is 0 Å². The Morgan fingerprint density at radius 2 is 1.81 bits per heavy atom. The Kier molecular flexibility index (Phi) is 4.32. The molecule has 1 N–H and O–H groups in total. The maximum atomic E-state index is 13.0. The van der Waals surface area contributed by atoms with Crippen LogP contribution < -0.4 is 11.1 Å². The summed E-state index contributed by atoms with van der Waals surface area (Å²) in [5.74, 6) is 0. The topological polar surface area (TPSA) is 85.0 Å². The highest BCUT2D eigenvalue weighted by Gasteiger charge is 2.19. The van der Waals surface area contributed by atoms with Crippen LogP contribution in [0.25, 0.3) is 27.7 Å². The van der Waals surface area contributed by atoms with Crippen LogP contribution in [0, 0.1) is 13.8 Å². The molecule has 2 aromatic carbocycles. The van der Waals surface area contributed by atoms with E-state index in [1.807, 2.05) is 57.2 Å². The summed E-state index contributed by atoms with van der Waals surface area (Å²) in [5.41, 5.74) is 4.43. The van der Waals surface area contributed by atoms with Crippen molar-refractivity contribution >= 4 is 16.4 Å². The summed E-state index contributed by atoms with van der Waals surface area (Å²) in [4.78, 5) is 30.6. The number of aromatic amines is 1. The van der Waals surface area contributed by atoms with E-state index >= 15 is 0 Å². The number of nitrogens with one attached hydrogen (secondary N) is 1. The molecule has 0 aliphatic rings. The Morgan fingerprint density at radius 3 is 2.61 bits per heavy atom. The van der Waals surface area contributed by atoms with Crippen molar-refractivity contribution in [1.82, 2.24) is 24.4 Å². The molecule has 7 nitrogen and oxygen atoms in total. The van der Waals surface area contributed by atoms with Gasteiger partial charge in [0, 0.05) is 22.6 Å². The van der Waals surface area contributed by atoms with Crippen LogP contribution in [0.5, 0.6) is 0 Å². The molecule has 0 saturated carbocycles. The molecular formula is C24H21N5O2. The Balaban J connectivity index is 1.66. The van der Waals surface area contributed by atoms with Crippen LogP contribution in [0.4, 0.5) is 0 Å². The van der Waals surface area contributed by atoms with Crippen LogP contribution in [0.3, 0.4) is 0 Å². The predicted octanol–water partition coefficient (Wildman–Crippen LogP) is 3.63. The molecule has 0 bridgehead atoms. The summed E-state index contributed by atoms with van der Waals surface area (Å²) in [7, 11) is 0. The molecule has 0 radical (unpaired) electrons. The fourth-order valence-electron chi connectivity index (χ4n) is 3.97. The third-order valence-corrected chi connectivity index (χ3v) is 5.69. The quantitative estimate of drug-likeness (QED) is 0.491. The number of rotatable bonds is 3. The number of hydrogen-bond acceptors (Lipinski definition) is 4. The molecule has 0 spiro atoms. The third kappa shape index (κ3) is 3.06. The monoisotopic (exact) mass is 411 g/mol. The van der Waals surface area contributed by atoms with Crippen LogP contribution in [0.15, 0.2) is 70.4 Å². The Labute approximate surface area is 177 Å². The first kappa shape index (κ1) is 19.0. The van der Waals surface area contributed by atoms with Crippen LogP contribution in [-0.2, 0) is 0 Å². The highest BCUT2D eigenvalue weighted by Crippen LogP contribution is 2.25. The molecular weight excluding hydrogens is 390 g/mol. The second-order valence-corrected chi connectivity index (χ2v) is 7.82. The van der Waals surface area contributed by atoms with E-state index in [1.165, 1.54) is 15.3 Å². The van der Waals surface area contributed by atoms with Gasteiger partial charge in [0.15, 0.2) is 5.65 Å². The molecule has 5 aromatic rings. The second kappa shape index (κ2) is 7.05. The number of hydrogen-bond donors (Lipinski definition) is 1. The molecule has 7 heteroatoms. The molecule has 0 fully saturated rings. The lowest BCUT2D eigenvalue weighted by molar-refractivity contribution is 0.524. The fourth-order valence-corrected chi connectivity index (χ4v) is 3.97. The van der Waals surface area contributed by atoms with E-state index in [9.17, 15) is 9.59 Å². The minimum atomic E-state index is -0.494. The van der Waals surface area contributed by atoms with Crippen molar-refractivity contribution in [1.29, 1.82) is 0 Å². The van der Waals surface area contributed by atoms with Crippen LogP contribution in [-0.4, -0.2) is 24.4 Å². The first-order chi connectivity index (χ1) is 14.9. The van der Waals surface area contributed by atoms with Crippen molar-refractivity contribution in [2.45, 2.75) is 26.8 Å². The molecule has 1 atom stereocenters.